The maximum absolute atomic E-state index is 12.9. The quantitative estimate of drug-likeness (QED) is 0.662. The Kier molecular flexibility index (Phi) is 5.49. The van der Waals surface area contributed by atoms with E-state index in [1.807, 2.05) is 18.2 Å². The maximum atomic E-state index is 12.9. The molecule has 1 unspecified atom stereocenters. The van der Waals surface area contributed by atoms with Crippen molar-refractivity contribution in [1.82, 2.24) is 5.06 Å². The van der Waals surface area contributed by atoms with Gasteiger partial charge in [0.25, 0.3) is 0 Å². The molecule has 0 saturated heterocycles. The van der Waals surface area contributed by atoms with Gasteiger partial charge in [-0.15, -0.1) is 0 Å². The smallest absolute Gasteiger partial charge is 0.243 e. The number of hydroxylamine groups is 2. The first-order valence-corrected chi connectivity index (χ1v) is 7.16. The van der Waals surface area contributed by atoms with Gasteiger partial charge in [-0.3, -0.25) is 10.0 Å². The molecule has 4 nitrogen and oxygen atoms in total. The summed E-state index contributed by atoms with van der Waals surface area (Å²) in [5, 5.41) is 10.2. The van der Waals surface area contributed by atoms with Crippen LogP contribution in [-0.2, 0) is 4.79 Å². The fourth-order valence-corrected chi connectivity index (χ4v) is 1.94. The minimum absolute atomic E-state index is 0.318. The minimum atomic E-state index is -0.436. The fraction of sp³-hybridized carbons (Fsp3) is 0.167. The fourth-order valence-electron chi connectivity index (χ4n) is 1.94. The van der Waals surface area contributed by atoms with E-state index in [0.717, 1.165) is 5.56 Å². The van der Waals surface area contributed by atoms with Gasteiger partial charge in [-0.05, 0) is 48.9 Å². The predicted molar refractivity (Wildman–Crippen MR) is 85.7 cm³/mol. The zero-order chi connectivity index (χ0) is 16.8. The zero-order valence-electron chi connectivity index (χ0n) is 12.9. The Bertz CT molecular complexity index is 698. The van der Waals surface area contributed by atoms with Crippen LogP contribution in [0.25, 0.3) is 6.08 Å². The van der Waals surface area contributed by atoms with Crippen LogP contribution in [0.2, 0.25) is 0 Å². The van der Waals surface area contributed by atoms with Crippen LogP contribution in [0, 0.1) is 5.82 Å². The number of hydrogen-bond acceptors (Lipinski definition) is 3. The molecule has 0 saturated carbocycles. The molecule has 2 aromatic carbocycles. The molecular formula is C18H18FNO3. The van der Waals surface area contributed by atoms with Gasteiger partial charge in [0.1, 0.15) is 17.3 Å². The molecule has 0 radical (unpaired) electrons. The molecular weight excluding hydrogens is 297 g/mol. The summed E-state index contributed by atoms with van der Waals surface area (Å²) in [6.07, 6.45) is 3.49. The lowest BCUT2D eigenvalue weighted by molar-refractivity contribution is -0.167. The average Bonchev–Trinajstić information content (AvgIpc) is 2.54. The van der Waals surface area contributed by atoms with E-state index in [-0.39, 0.29) is 5.82 Å². The lowest BCUT2D eigenvalue weighted by Crippen LogP contribution is -2.32. The molecule has 0 bridgehead atoms. The van der Waals surface area contributed by atoms with Crippen molar-refractivity contribution >= 4 is 12.0 Å². The molecule has 2 aromatic rings. The van der Waals surface area contributed by atoms with E-state index < -0.39 is 11.9 Å². The topological polar surface area (TPSA) is 49.8 Å². The molecule has 0 fully saturated rings. The van der Waals surface area contributed by atoms with Crippen LogP contribution in [0.4, 0.5) is 4.39 Å². The summed E-state index contributed by atoms with van der Waals surface area (Å²) in [6.45, 7) is 3.00. The molecule has 0 aliphatic heterocycles. The van der Waals surface area contributed by atoms with Crippen molar-refractivity contribution in [3.63, 3.8) is 0 Å². The van der Waals surface area contributed by atoms with E-state index in [2.05, 4.69) is 0 Å². The highest BCUT2D eigenvalue weighted by Gasteiger charge is 2.10. The van der Waals surface area contributed by atoms with Gasteiger partial charge < -0.3 is 4.74 Å². The van der Waals surface area contributed by atoms with E-state index in [4.69, 9.17) is 4.74 Å². The Morgan fingerprint density at radius 2 is 1.91 bits per heavy atom. The first-order valence-electron chi connectivity index (χ1n) is 7.16. The number of carbonyl (C=O) groups is 1. The highest BCUT2D eigenvalue weighted by Crippen LogP contribution is 2.23. The second kappa shape index (κ2) is 7.56. The van der Waals surface area contributed by atoms with Crippen LogP contribution in [0.15, 0.2) is 54.6 Å². The average molecular weight is 315 g/mol. The van der Waals surface area contributed by atoms with Crippen molar-refractivity contribution in [2.24, 2.45) is 0 Å². The lowest BCUT2D eigenvalue weighted by Gasteiger charge is -2.17. The van der Waals surface area contributed by atoms with Gasteiger partial charge in [-0.2, -0.15) is 0 Å². The largest absolute Gasteiger partial charge is 0.457 e. The standard InChI is InChI=1S/C18H18FNO3/c1-13(20(22)14(2)21)6-7-15-4-3-5-18(12-15)23-17-10-8-16(19)9-11-17/h3-13,22H,1-2H3/b7-6+. The van der Waals surface area contributed by atoms with Gasteiger partial charge in [-0.1, -0.05) is 24.3 Å². The first-order chi connectivity index (χ1) is 11.0. The third kappa shape index (κ3) is 4.93. The lowest BCUT2D eigenvalue weighted by atomic mass is 10.1. The molecule has 120 valence electrons. The Morgan fingerprint density at radius 3 is 2.57 bits per heavy atom. The molecule has 1 N–H and O–H groups in total. The molecule has 0 aliphatic rings. The molecule has 0 aromatic heterocycles. The summed E-state index contributed by atoms with van der Waals surface area (Å²) in [4.78, 5) is 11.1. The summed E-state index contributed by atoms with van der Waals surface area (Å²) in [6, 6.07) is 12.6. The third-order valence-electron chi connectivity index (χ3n) is 3.18. The van der Waals surface area contributed by atoms with Crippen molar-refractivity contribution in [3.8, 4) is 11.5 Å². The third-order valence-corrected chi connectivity index (χ3v) is 3.18. The van der Waals surface area contributed by atoms with Gasteiger partial charge in [0, 0.05) is 6.92 Å². The monoisotopic (exact) mass is 315 g/mol. The van der Waals surface area contributed by atoms with Crippen LogP contribution >= 0.6 is 0 Å². The summed E-state index contributed by atoms with van der Waals surface area (Å²) in [5.41, 5.74) is 0.855. The van der Waals surface area contributed by atoms with Crippen molar-refractivity contribution in [2.45, 2.75) is 19.9 Å². The summed E-state index contributed by atoms with van der Waals surface area (Å²) in [7, 11) is 0. The first kappa shape index (κ1) is 16.7. The van der Waals surface area contributed by atoms with Crippen LogP contribution < -0.4 is 4.74 Å². The van der Waals surface area contributed by atoms with Gasteiger partial charge in [0.15, 0.2) is 0 Å². The second-order valence-electron chi connectivity index (χ2n) is 5.09. The van der Waals surface area contributed by atoms with Gasteiger partial charge in [0.05, 0.1) is 6.04 Å². The minimum Gasteiger partial charge on any atom is -0.457 e. The molecule has 5 heteroatoms. The predicted octanol–water partition coefficient (Wildman–Crippen LogP) is 4.26. The van der Waals surface area contributed by atoms with Gasteiger partial charge in [-0.25, -0.2) is 9.45 Å². The Morgan fingerprint density at radius 1 is 1.22 bits per heavy atom. The number of nitrogens with zero attached hydrogens (tertiary/aromatic N) is 1. The molecule has 0 aliphatic carbocycles. The summed E-state index contributed by atoms with van der Waals surface area (Å²) >= 11 is 0. The molecule has 2 rings (SSSR count). The van der Waals surface area contributed by atoms with Crippen LogP contribution in [0.5, 0.6) is 11.5 Å². The highest BCUT2D eigenvalue weighted by molar-refractivity contribution is 5.72. The van der Waals surface area contributed by atoms with Gasteiger partial charge >= 0.3 is 0 Å². The molecule has 0 heterocycles. The summed E-state index contributed by atoms with van der Waals surface area (Å²) < 4.78 is 18.5. The summed E-state index contributed by atoms with van der Waals surface area (Å²) in [5.74, 6) is 0.412. The number of amides is 1. The Balaban J connectivity index is 2.07. The maximum Gasteiger partial charge on any atom is 0.243 e. The number of rotatable bonds is 5. The van der Waals surface area contributed by atoms with E-state index in [9.17, 15) is 14.4 Å². The number of benzene rings is 2. The van der Waals surface area contributed by atoms with Crippen LogP contribution in [0.1, 0.15) is 19.4 Å². The van der Waals surface area contributed by atoms with Crippen molar-refractivity contribution in [2.75, 3.05) is 0 Å². The van der Waals surface area contributed by atoms with Gasteiger partial charge in [0.2, 0.25) is 5.91 Å². The van der Waals surface area contributed by atoms with E-state index in [1.54, 1.807) is 37.3 Å². The molecule has 0 spiro atoms. The number of halogens is 1. The van der Waals surface area contributed by atoms with E-state index in [1.165, 1.54) is 19.1 Å². The van der Waals surface area contributed by atoms with Crippen molar-refractivity contribution in [1.29, 1.82) is 0 Å². The molecule has 23 heavy (non-hydrogen) atoms. The second-order valence-corrected chi connectivity index (χ2v) is 5.09. The van der Waals surface area contributed by atoms with Crippen LogP contribution in [0.3, 0.4) is 0 Å². The zero-order valence-corrected chi connectivity index (χ0v) is 12.9. The molecule has 1 amide bonds. The van der Waals surface area contributed by atoms with Crippen molar-refractivity contribution in [3.05, 3.63) is 66.0 Å². The Hall–Kier alpha value is -2.66. The highest BCUT2D eigenvalue weighted by atomic mass is 19.1. The normalized spacial score (nSPS) is 12.2. The van der Waals surface area contributed by atoms with Crippen molar-refractivity contribution < 1.29 is 19.1 Å². The number of hydrogen-bond donors (Lipinski definition) is 1. The molecule has 1 atom stereocenters. The Labute approximate surface area is 134 Å². The number of carbonyl (C=O) groups excluding carboxylic acids is 1. The SMILES string of the molecule is CC(=O)N(O)C(C)/C=C/c1cccc(Oc2ccc(F)cc2)c1. The van der Waals surface area contributed by atoms with E-state index >= 15 is 0 Å². The number of ether oxygens (including phenoxy) is 1. The van der Waals surface area contributed by atoms with E-state index in [0.29, 0.717) is 16.6 Å². The van der Waals surface area contributed by atoms with Crippen LogP contribution in [-0.4, -0.2) is 22.2 Å².